The largest absolute Gasteiger partial charge is 0.457 e. The zero-order valence-corrected chi connectivity index (χ0v) is 45.7. The number of carbonyl (C=O) groups excluding carboxylic acids is 1. The highest BCUT2D eigenvalue weighted by Gasteiger charge is 2.77. The van der Waals surface area contributed by atoms with E-state index in [1.165, 1.54) is 11.1 Å². The predicted molar refractivity (Wildman–Crippen MR) is 291 cm³/mol. The molecule has 2 bridgehead atoms. The Morgan fingerprint density at radius 3 is 2.22 bits per heavy atom. The lowest BCUT2D eigenvalue weighted by atomic mass is 9.54. The Hall–Kier alpha value is -4.18. The van der Waals surface area contributed by atoms with E-state index in [0.29, 0.717) is 49.3 Å². The van der Waals surface area contributed by atoms with Crippen molar-refractivity contribution in [1.29, 1.82) is 0 Å². The molecule has 0 amide bonds. The fourth-order valence-electron chi connectivity index (χ4n) is 15.0. The number of likely N-dealkylation sites (N-methyl/N-ethyl adjacent to an activating group) is 2. The highest BCUT2D eigenvalue weighted by atomic mass is 35.5. The fourth-order valence-corrected chi connectivity index (χ4v) is 15.3. The van der Waals surface area contributed by atoms with Crippen LogP contribution >= 0.6 is 23.2 Å². The number of hydrogen-bond donors (Lipinski definition) is 2. The van der Waals surface area contributed by atoms with Crippen LogP contribution in [0, 0.1) is 16.7 Å². The van der Waals surface area contributed by atoms with Crippen LogP contribution in [0.5, 0.6) is 11.5 Å². The van der Waals surface area contributed by atoms with Crippen molar-refractivity contribution in [3.05, 3.63) is 136 Å². The summed E-state index contributed by atoms with van der Waals surface area (Å²) >= 11 is 13.3. The van der Waals surface area contributed by atoms with E-state index in [2.05, 4.69) is 145 Å². The lowest BCUT2D eigenvalue weighted by Gasteiger charge is -2.57. The standard InChI is InChI=1S/C59H76Cl2N8O4/c1-10-58-52-28-42(26-38-14-12-11-13-15-38)55(58)67(6)46(35-71-8)31-62-51-30-45(27-39-16-21-43(60)22-17-39)66(5)56-48(36-72-9)64-54(59(51,56)57(58)70)37(2)69(52)33-41-18-23-44(61)29-50(41)73-47-24-19-40(20-25-47)49-32-63-53(68(49)7)34-65(3)4/h11-25,29,32,37,42,45-46,48,51-52,54-56,62,64H,10,26-28,30-31,33-36H2,1-9H3/t37-,42+,45-,46+,48+,51?,52?,54?,55?,56?,58?,59?/m0/s1. The van der Waals surface area contributed by atoms with E-state index in [0.717, 1.165) is 65.6 Å². The maximum Gasteiger partial charge on any atom is 0.153 e. The molecule has 5 aliphatic rings. The monoisotopic (exact) mass is 1030 g/mol. The molecule has 5 fully saturated rings. The SMILES string of the molecule is CCC12C(=O)C34C5C[C@H](Cc6ccc(Cl)cc6)N(C)C3[C@@H](COC)NC4[C@H](C)N(Cc3ccc(Cl)cc3Oc3ccc(-c4cnc(CN(C)C)n4C)cc3)C1C[C@@H](Cc1ccccc1)C2N(C)[C@@H](COC)CN5. The average molecular weight is 1030 g/mol. The molecule has 14 heteroatoms. The van der Waals surface area contributed by atoms with Crippen molar-refractivity contribution in [2.24, 2.45) is 23.8 Å². The molecule has 1 saturated carbocycles. The van der Waals surface area contributed by atoms with Crippen molar-refractivity contribution in [1.82, 2.24) is 39.8 Å². The molecule has 0 radical (unpaired) electrons. The van der Waals surface area contributed by atoms with Crippen LogP contribution in [0.15, 0.2) is 103 Å². The Balaban J connectivity index is 1.10. The molecule has 5 aromatic rings. The molecular weight excluding hydrogens is 956 g/mol. The van der Waals surface area contributed by atoms with Gasteiger partial charge in [0.05, 0.1) is 42.5 Å². The first-order valence-electron chi connectivity index (χ1n) is 26.5. The molecule has 4 aromatic carbocycles. The van der Waals surface area contributed by atoms with Gasteiger partial charge in [0, 0.05) is 110 Å². The van der Waals surface area contributed by atoms with E-state index < -0.39 is 10.8 Å². The van der Waals surface area contributed by atoms with Gasteiger partial charge in [0.15, 0.2) is 5.78 Å². The van der Waals surface area contributed by atoms with Crippen LogP contribution in [0.4, 0.5) is 0 Å². The number of ketones is 1. The lowest BCUT2D eigenvalue weighted by molar-refractivity contribution is -0.155. The van der Waals surface area contributed by atoms with Crippen molar-refractivity contribution in [2.45, 2.75) is 113 Å². The third kappa shape index (κ3) is 9.29. The van der Waals surface area contributed by atoms with Gasteiger partial charge in [-0.3, -0.25) is 19.5 Å². The Kier molecular flexibility index (Phi) is 15.4. The quantitative estimate of drug-likeness (QED) is 0.0995. The number of nitrogens with one attached hydrogen (secondary N) is 2. The smallest absolute Gasteiger partial charge is 0.153 e. The molecule has 1 spiro atoms. The predicted octanol–water partition coefficient (Wildman–Crippen LogP) is 8.62. The van der Waals surface area contributed by atoms with Crippen molar-refractivity contribution in [3.8, 4) is 22.8 Å². The summed E-state index contributed by atoms with van der Waals surface area (Å²) < 4.78 is 21.4. The average Bonchev–Trinajstić information content (AvgIpc) is 4.03. The Bertz CT molecular complexity index is 2710. The summed E-state index contributed by atoms with van der Waals surface area (Å²) in [6.45, 7) is 7.75. The van der Waals surface area contributed by atoms with Crippen LogP contribution in [-0.4, -0.2) is 151 Å². The molecule has 1 aromatic heterocycles. The minimum absolute atomic E-state index is 0.0299. The molecule has 12 nitrogen and oxygen atoms in total. The first kappa shape index (κ1) is 52.3. The number of piperidine rings is 1. The number of nitrogens with zero attached hydrogens (tertiary/aromatic N) is 6. The van der Waals surface area contributed by atoms with Gasteiger partial charge in [0.25, 0.3) is 0 Å². The van der Waals surface area contributed by atoms with Crippen molar-refractivity contribution >= 4 is 29.0 Å². The molecule has 1 aliphatic carbocycles. The second-order valence-corrected chi connectivity index (χ2v) is 23.1. The first-order chi connectivity index (χ1) is 35.2. The zero-order valence-electron chi connectivity index (χ0n) is 44.2. The second-order valence-electron chi connectivity index (χ2n) is 22.2. The third-order valence-electron chi connectivity index (χ3n) is 18.1. The summed E-state index contributed by atoms with van der Waals surface area (Å²) in [6, 6.07) is 32.9. The lowest BCUT2D eigenvalue weighted by Crippen LogP contribution is -2.73. The highest BCUT2D eigenvalue weighted by Crippen LogP contribution is 2.63. The van der Waals surface area contributed by atoms with E-state index in [1.807, 2.05) is 49.7 Å². The normalized spacial score (nSPS) is 31.5. The number of Topliss-reactive ketones (excluding diaryl/α,β-unsaturated/α-hetero) is 1. The molecule has 4 aliphatic heterocycles. The number of ether oxygens (including phenoxy) is 3. The summed E-state index contributed by atoms with van der Waals surface area (Å²) in [5.41, 5.74) is 4.08. The summed E-state index contributed by atoms with van der Waals surface area (Å²) in [7, 11) is 14.3. The summed E-state index contributed by atoms with van der Waals surface area (Å²) in [5.74, 6) is 3.01. The van der Waals surface area contributed by atoms with E-state index in [-0.39, 0.29) is 60.3 Å². The van der Waals surface area contributed by atoms with Gasteiger partial charge in [0.1, 0.15) is 17.3 Å². The fraction of sp³-hybridized carbons (Fsp3) is 0.525. The summed E-state index contributed by atoms with van der Waals surface area (Å²) in [5, 5.41) is 9.81. The number of hydrogen-bond acceptors (Lipinski definition) is 11. The minimum atomic E-state index is -0.818. The minimum Gasteiger partial charge on any atom is -0.457 e. The second kappa shape index (κ2) is 21.4. The van der Waals surface area contributed by atoms with Crippen LogP contribution < -0.4 is 15.4 Å². The number of halogens is 2. The number of likely N-dealkylation sites (tertiary alicyclic amines) is 2. The number of imidazole rings is 1. The van der Waals surface area contributed by atoms with Gasteiger partial charge in [-0.2, -0.15) is 0 Å². The number of benzene rings is 4. The molecular formula is C59H76Cl2N8O4. The van der Waals surface area contributed by atoms with Gasteiger partial charge in [-0.15, -0.1) is 0 Å². The molecule has 4 saturated heterocycles. The maximum absolute atomic E-state index is 17.6. The molecule has 10 rings (SSSR count). The Labute approximate surface area is 443 Å². The molecule has 5 heterocycles. The van der Waals surface area contributed by atoms with Crippen LogP contribution in [0.25, 0.3) is 11.3 Å². The van der Waals surface area contributed by atoms with Gasteiger partial charge in [-0.1, -0.05) is 78.7 Å². The van der Waals surface area contributed by atoms with Crippen LogP contribution in [0.1, 0.15) is 55.6 Å². The van der Waals surface area contributed by atoms with Crippen molar-refractivity contribution in [3.63, 3.8) is 0 Å². The molecule has 12 atom stereocenters. The first-order valence-corrected chi connectivity index (χ1v) is 27.2. The van der Waals surface area contributed by atoms with Crippen molar-refractivity contribution < 1.29 is 19.0 Å². The van der Waals surface area contributed by atoms with Crippen LogP contribution in [0.2, 0.25) is 10.0 Å². The molecule has 2 N–H and O–H groups in total. The van der Waals surface area contributed by atoms with E-state index in [4.69, 9.17) is 42.4 Å². The zero-order chi connectivity index (χ0) is 51.3. The molecule has 7 unspecified atom stereocenters. The van der Waals surface area contributed by atoms with E-state index in [9.17, 15) is 0 Å². The van der Waals surface area contributed by atoms with E-state index in [1.54, 1.807) is 7.11 Å². The van der Waals surface area contributed by atoms with Crippen LogP contribution in [-0.2, 0) is 47.2 Å². The van der Waals surface area contributed by atoms with Gasteiger partial charge in [0.2, 0.25) is 0 Å². The van der Waals surface area contributed by atoms with Gasteiger partial charge >= 0.3 is 0 Å². The number of carbonyl (C=O) groups is 1. The van der Waals surface area contributed by atoms with Crippen molar-refractivity contribution in [2.75, 3.05) is 62.2 Å². The third-order valence-corrected chi connectivity index (χ3v) is 18.6. The van der Waals surface area contributed by atoms with E-state index >= 15 is 4.79 Å². The molecule has 390 valence electrons. The Morgan fingerprint density at radius 1 is 0.822 bits per heavy atom. The van der Waals surface area contributed by atoms with Gasteiger partial charge in [-0.25, -0.2) is 4.98 Å². The topological polar surface area (TPSA) is 99.6 Å². The van der Waals surface area contributed by atoms with Gasteiger partial charge < -0.3 is 34.3 Å². The Morgan fingerprint density at radius 2 is 1.52 bits per heavy atom. The maximum atomic E-state index is 17.6. The van der Waals surface area contributed by atoms with Gasteiger partial charge in [-0.05, 0) is 133 Å². The highest BCUT2D eigenvalue weighted by molar-refractivity contribution is 6.31. The number of aromatic nitrogens is 2. The summed E-state index contributed by atoms with van der Waals surface area (Å²) in [4.78, 5) is 32.3. The number of rotatable bonds is 16. The molecule has 73 heavy (non-hydrogen) atoms. The number of methoxy groups -OCH3 is 2. The summed E-state index contributed by atoms with van der Waals surface area (Å²) in [6.07, 6.45) is 6.02. The van der Waals surface area contributed by atoms with Crippen LogP contribution in [0.3, 0.4) is 0 Å².